The van der Waals surface area contributed by atoms with Crippen LogP contribution in [0.15, 0.2) is 18.2 Å². The van der Waals surface area contributed by atoms with Gasteiger partial charge in [-0.05, 0) is 92.4 Å². The van der Waals surface area contributed by atoms with Gasteiger partial charge in [-0.15, -0.1) is 0 Å². The lowest BCUT2D eigenvalue weighted by Crippen LogP contribution is -2.62. The standard InChI is InChI=1S/C28H42N2O10P2/c1-27-12-10-19-18-9-7-17(31)14-16(18)6-8-20(19)21(27)11-13-28(27,34)26(33)30-23-5-3-2-4-22(23)29-24(32)15-25(41(35,36)37)42(38,39)40/h7,9,14,19-23,25,31,34H,2-6,8,10-13,15H2,1H3,(H,29,32)(H,30,33)(H2,35,36,37)(H2,38,39,40)/t19?,20?,21?,22?,23?,27-,28-/m0/s1. The fourth-order valence-corrected chi connectivity index (χ4v) is 11.0. The normalized spacial score (nSPS) is 34.7. The molecule has 5 unspecified atom stereocenters. The van der Waals surface area contributed by atoms with E-state index in [1.807, 2.05) is 19.1 Å². The first kappa shape index (κ1) is 31.6. The minimum absolute atomic E-state index is 0.146. The number of aryl methyl sites for hydroxylation is 1. The number of aliphatic hydroxyl groups is 1. The van der Waals surface area contributed by atoms with Crippen molar-refractivity contribution in [1.29, 1.82) is 0 Å². The zero-order chi connectivity index (χ0) is 30.7. The molecule has 0 bridgehead atoms. The molecule has 0 radical (unpaired) electrons. The van der Waals surface area contributed by atoms with E-state index in [4.69, 9.17) is 0 Å². The minimum Gasteiger partial charge on any atom is -0.508 e. The number of benzene rings is 1. The molecular weight excluding hydrogens is 586 g/mol. The molecule has 0 heterocycles. The summed E-state index contributed by atoms with van der Waals surface area (Å²) in [6, 6.07) is 4.43. The molecule has 4 aliphatic carbocycles. The molecule has 4 aliphatic rings. The number of hydrogen-bond acceptors (Lipinski definition) is 6. The van der Waals surface area contributed by atoms with E-state index < -0.39 is 61.9 Å². The van der Waals surface area contributed by atoms with Gasteiger partial charge in [-0.25, -0.2) is 0 Å². The Hall–Kier alpha value is -1.78. The van der Waals surface area contributed by atoms with Gasteiger partial charge in [-0.1, -0.05) is 25.8 Å². The van der Waals surface area contributed by atoms with E-state index in [2.05, 4.69) is 10.6 Å². The highest BCUT2D eigenvalue weighted by Crippen LogP contribution is 2.64. The molecule has 1 aromatic rings. The van der Waals surface area contributed by atoms with Crippen molar-refractivity contribution in [3.8, 4) is 5.75 Å². The van der Waals surface area contributed by atoms with E-state index >= 15 is 0 Å². The van der Waals surface area contributed by atoms with Crippen molar-refractivity contribution in [3.63, 3.8) is 0 Å². The largest absolute Gasteiger partial charge is 0.508 e. The van der Waals surface area contributed by atoms with E-state index in [0.717, 1.165) is 32.1 Å². The third-order valence-corrected chi connectivity index (χ3v) is 14.5. The molecule has 1 aromatic carbocycles. The summed E-state index contributed by atoms with van der Waals surface area (Å²) >= 11 is 0. The number of carbonyl (C=O) groups is 2. The second-order valence-electron chi connectivity index (χ2n) is 13.1. The van der Waals surface area contributed by atoms with Crippen LogP contribution in [0.1, 0.15) is 88.2 Å². The van der Waals surface area contributed by atoms with Gasteiger partial charge >= 0.3 is 15.2 Å². The summed E-state index contributed by atoms with van der Waals surface area (Å²) in [7, 11) is -10.5. The second-order valence-corrected chi connectivity index (χ2v) is 17.1. The van der Waals surface area contributed by atoms with Crippen molar-refractivity contribution >= 4 is 27.0 Å². The van der Waals surface area contributed by atoms with E-state index in [-0.39, 0.29) is 11.7 Å². The zero-order valence-corrected chi connectivity index (χ0v) is 25.5. The maximum Gasteiger partial charge on any atom is 0.341 e. The summed E-state index contributed by atoms with van der Waals surface area (Å²) in [6.45, 7) is 2.01. The fourth-order valence-electron chi connectivity index (χ4n) is 8.59. The highest BCUT2D eigenvalue weighted by molar-refractivity contribution is 7.70. The van der Waals surface area contributed by atoms with E-state index in [1.165, 1.54) is 11.1 Å². The predicted octanol–water partition coefficient (Wildman–Crippen LogP) is 2.59. The first-order valence-corrected chi connectivity index (χ1v) is 18.2. The van der Waals surface area contributed by atoms with Crippen LogP contribution in [0, 0.1) is 17.3 Å². The van der Waals surface area contributed by atoms with Gasteiger partial charge in [0.1, 0.15) is 11.4 Å². The quantitative estimate of drug-likeness (QED) is 0.207. The Labute approximate surface area is 245 Å². The number of aromatic hydroxyl groups is 1. The molecule has 12 nitrogen and oxygen atoms in total. The van der Waals surface area contributed by atoms with E-state index in [0.29, 0.717) is 43.9 Å². The van der Waals surface area contributed by atoms with Crippen molar-refractivity contribution in [3.05, 3.63) is 29.3 Å². The highest BCUT2D eigenvalue weighted by Gasteiger charge is 2.64. The van der Waals surface area contributed by atoms with E-state index in [1.54, 1.807) is 6.07 Å². The Morgan fingerprint density at radius 2 is 1.60 bits per heavy atom. The summed E-state index contributed by atoms with van der Waals surface area (Å²) in [5, 5.41) is 25.1. The van der Waals surface area contributed by atoms with Crippen molar-refractivity contribution in [2.75, 3.05) is 0 Å². The Morgan fingerprint density at radius 1 is 0.952 bits per heavy atom. The predicted molar refractivity (Wildman–Crippen MR) is 152 cm³/mol. The zero-order valence-electron chi connectivity index (χ0n) is 23.7. The molecule has 14 heteroatoms. The Balaban J connectivity index is 1.28. The number of phenolic OH excluding ortho intramolecular Hbond substituents is 1. The van der Waals surface area contributed by atoms with Gasteiger partial charge in [0.15, 0.2) is 5.40 Å². The van der Waals surface area contributed by atoms with Crippen LogP contribution in [0.5, 0.6) is 5.75 Å². The van der Waals surface area contributed by atoms with Gasteiger partial charge < -0.3 is 40.4 Å². The number of fused-ring (bicyclic) bond motifs is 5. The molecule has 3 fully saturated rings. The molecule has 42 heavy (non-hydrogen) atoms. The smallest absolute Gasteiger partial charge is 0.341 e. The second kappa shape index (κ2) is 11.3. The summed E-state index contributed by atoms with van der Waals surface area (Å²) in [5.74, 6) is -0.357. The first-order valence-electron chi connectivity index (χ1n) is 14.8. The molecule has 5 rings (SSSR count). The van der Waals surface area contributed by atoms with Crippen molar-refractivity contribution < 1.29 is 48.5 Å². The number of nitrogens with one attached hydrogen (secondary N) is 2. The van der Waals surface area contributed by atoms with Crippen LogP contribution in [-0.2, 0) is 25.1 Å². The SMILES string of the molecule is C[C@]12CCC3c4ccc(O)cc4CCC3C1CC[C@]2(O)C(=O)NC1CCCCC1NC(=O)CC(P(=O)(O)O)P(=O)(O)O. The lowest BCUT2D eigenvalue weighted by molar-refractivity contribution is -0.160. The minimum atomic E-state index is -5.26. The van der Waals surface area contributed by atoms with Crippen molar-refractivity contribution in [2.45, 2.75) is 107 Å². The highest BCUT2D eigenvalue weighted by atomic mass is 31.2. The Bertz CT molecular complexity index is 1310. The van der Waals surface area contributed by atoms with Crippen molar-refractivity contribution in [1.82, 2.24) is 10.6 Å². The lowest BCUT2D eigenvalue weighted by Gasteiger charge is -2.53. The number of hydrogen-bond donors (Lipinski definition) is 8. The molecule has 0 saturated heterocycles. The summed E-state index contributed by atoms with van der Waals surface area (Å²) in [6.07, 6.45) is 5.72. The number of phenols is 1. The monoisotopic (exact) mass is 628 g/mol. The summed E-state index contributed by atoms with van der Waals surface area (Å²) in [5.41, 5.74) is 0.186. The number of amides is 2. The molecule has 0 aromatic heterocycles. The number of rotatable bonds is 7. The van der Waals surface area contributed by atoms with Gasteiger partial charge in [-0.3, -0.25) is 18.7 Å². The average Bonchev–Trinajstić information content (AvgIpc) is 3.18. The molecule has 234 valence electrons. The average molecular weight is 629 g/mol. The van der Waals surface area contributed by atoms with Crippen LogP contribution in [0.4, 0.5) is 0 Å². The Morgan fingerprint density at radius 3 is 2.24 bits per heavy atom. The molecular formula is C28H42N2O10P2. The molecule has 8 N–H and O–H groups in total. The maximum absolute atomic E-state index is 13.9. The number of carbonyl (C=O) groups excluding carboxylic acids is 2. The maximum atomic E-state index is 13.9. The van der Waals surface area contributed by atoms with Crippen LogP contribution in [-0.4, -0.2) is 64.7 Å². The fraction of sp³-hybridized carbons (Fsp3) is 0.714. The third kappa shape index (κ3) is 5.72. The molecule has 0 spiro atoms. The molecule has 3 saturated carbocycles. The van der Waals surface area contributed by atoms with Gasteiger partial charge in [0.2, 0.25) is 5.91 Å². The Kier molecular flexibility index (Phi) is 8.51. The molecule has 7 atom stereocenters. The van der Waals surface area contributed by atoms with Gasteiger partial charge in [0.05, 0.1) is 6.42 Å². The van der Waals surface area contributed by atoms with Gasteiger partial charge in [0, 0.05) is 17.5 Å². The first-order chi connectivity index (χ1) is 19.5. The summed E-state index contributed by atoms with van der Waals surface area (Å²) in [4.78, 5) is 64.1. The van der Waals surface area contributed by atoms with Crippen molar-refractivity contribution in [2.24, 2.45) is 17.3 Å². The van der Waals surface area contributed by atoms with Crippen LogP contribution < -0.4 is 10.6 Å². The van der Waals surface area contributed by atoms with Crippen LogP contribution in [0.3, 0.4) is 0 Å². The lowest BCUT2D eigenvalue weighted by atomic mass is 9.53. The van der Waals surface area contributed by atoms with Gasteiger partial charge in [-0.2, -0.15) is 0 Å². The van der Waals surface area contributed by atoms with E-state index in [9.17, 15) is 48.5 Å². The topological polar surface area (TPSA) is 214 Å². The van der Waals surface area contributed by atoms with Crippen LogP contribution in [0.25, 0.3) is 0 Å². The van der Waals surface area contributed by atoms with Crippen LogP contribution in [0.2, 0.25) is 0 Å². The van der Waals surface area contributed by atoms with Gasteiger partial charge in [0.25, 0.3) is 5.91 Å². The third-order valence-electron chi connectivity index (χ3n) is 10.8. The summed E-state index contributed by atoms with van der Waals surface area (Å²) < 4.78 is 23.3. The molecule has 2 amide bonds. The molecule has 0 aliphatic heterocycles. The van der Waals surface area contributed by atoms with Crippen LogP contribution >= 0.6 is 15.2 Å².